The van der Waals surface area contributed by atoms with E-state index in [-0.39, 0.29) is 0 Å². The maximum atomic E-state index is 5.30. The van der Waals surface area contributed by atoms with E-state index in [0.717, 1.165) is 24.8 Å². The summed E-state index contributed by atoms with van der Waals surface area (Å²) in [6.07, 6.45) is 6.18. The number of nitrogen functional groups attached to an aromatic ring is 1. The molecule has 2 fully saturated rings. The number of piperazine rings is 1. The molecule has 0 saturated carbocycles. The van der Waals surface area contributed by atoms with E-state index < -0.39 is 0 Å². The minimum Gasteiger partial charge on any atom is -0.307 e. The van der Waals surface area contributed by atoms with Gasteiger partial charge < -0.3 is 5.43 Å². The van der Waals surface area contributed by atoms with Crippen LogP contribution >= 0.6 is 0 Å². The second-order valence-corrected chi connectivity index (χ2v) is 5.61. The van der Waals surface area contributed by atoms with Gasteiger partial charge >= 0.3 is 0 Å². The van der Waals surface area contributed by atoms with Crippen LogP contribution in [0.15, 0.2) is 12.4 Å². The van der Waals surface area contributed by atoms with Crippen LogP contribution in [0, 0.1) is 0 Å². The summed E-state index contributed by atoms with van der Waals surface area (Å²) in [6, 6.07) is 1.33. The van der Waals surface area contributed by atoms with E-state index >= 15 is 0 Å². The molecule has 19 heavy (non-hydrogen) atoms. The van der Waals surface area contributed by atoms with E-state index in [4.69, 9.17) is 5.84 Å². The van der Waals surface area contributed by atoms with Crippen molar-refractivity contribution in [3.63, 3.8) is 0 Å². The van der Waals surface area contributed by atoms with E-state index in [2.05, 4.69) is 32.1 Å². The molecule has 3 N–H and O–H groups in total. The van der Waals surface area contributed by atoms with Gasteiger partial charge in [-0.25, -0.2) is 10.8 Å². The summed E-state index contributed by atoms with van der Waals surface area (Å²) in [5.74, 6) is 5.90. The molecule has 0 aromatic carbocycles. The van der Waals surface area contributed by atoms with Crippen molar-refractivity contribution in [2.24, 2.45) is 5.84 Å². The quantitative estimate of drug-likeness (QED) is 0.608. The Kier molecular flexibility index (Phi) is 3.63. The van der Waals surface area contributed by atoms with Gasteiger partial charge in [0.1, 0.15) is 0 Å². The highest BCUT2D eigenvalue weighted by Gasteiger charge is 2.34. The lowest BCUT2D eigenvalue weighted by Gasteiger charge is -2.42. The fourth-order valence-corrected chi connectivity index (χ4v) is 3.19. The van der Waals surface area contributed by atoms with Crippen molar-refractivity contribution in [2.45, 2.75) is 38.4 Å². The molecule has 2 aliphatic rings. The third-order valence-electron chi connectivity index (χ3n) is 4.28. The first kappa shape index (κ1) is 12.8. The van der Waals surface area contributed by atoms with Gasteiger partial charge in [0.25, 0.3) is 0 Å². The van der Waals surface area contributed by atoms with Gasteiger partial charge in [0.05, 0.1) is 18.1 Å². The fourth-order valence-electron chi connectivity index (χ4n) is 3.19. The van der Waals surface area contributed by atoms with Gasteiger partial charge in [-0.2, -0.15) is 0 Å². The van der Waals surface area contributed by atoms with Crippen molar-refractivity contribution in [3.8, 4) is 0 Å². The van der Waals surface area contributed by atoms with Gasteiger partial charge in [-0.15, -0.1) is 0 Å². The first-order valence-electron chi connectivity index (χ1n) is 7.02. The molecule has 1 aromatic heterocycles. The van der Waals surface area contributed by atoms with Crippen LogP contribution < -0.4 is 11.3 Å². The summed E-state index contributed by atoms with van der Waals surface area (Å²) >= 11 is 0. The largest absolute Gasteiger partial charge is 0.307 e. The normalized spacial score (nSPS) is 28.3. The zero-order valence-corrected chi connectivity index (χ0v) is 11.4. The van der Waals surface area contributed by atoms with E-state index in [0.29, 0.717) is 11.9 Å². The van der Waals surface area contributed by atoms with Crippen LogP contribution in [-0.2, 0) is 6.54 Å². The molecule has 0 aliphatic carbocycles. The molecule has 6 nitrogen and oxygen atoms in total. The van der Waals surface area contributed by atoms with Gasteiger partial charge in [-0.1, -0.05) is 0 Å². The number of fused-ring (bicyclic) bond motifs is 1. The number of nitrogens with two attached hydrogens (primary N) is 1. The molecule has 0 radical (unpaired) electrons. The minimum atomic E-state index is 0.587. The summed E-state index contributed by atoms with van der Waals surface area (Å²) < 4.78 is 0. The van der Waals surface area contributed by atoms with Gasteiger partial charge in [0.2, 0.25) is 0 Å². The van der Waals surface area contributed by atoms with Crippen molar-refractivity contribution < 1.29 is 0 Å². The van der Waals surface area contributed by atoms with Crippen molar-refractivity contribution in [2.75, 3.05) is 25.1 Å². The maximum Gasteiger partial charge on any atom is 0.158 e. The summed E-state index contributed by atoms with van der Waals surface area (Å²) in [5.41, 5.74) is 3.51. The molecule has 3 heterocycles. The van der Waals surface area contributed by atoms with Crippen LogP contribution in [-0.4, -0.2) is 51.5 Å². The number of anilines is 1. The van der Waals surface area contributed by atoms with Gasteiger partial charge in [0.15, 0.2) is 5.82 Å². The Morgan fingerprint density at radius 1 is 1.37 bits per heavy atom. The Balaban J connectivity index is 1.64. The Bertz CT molecular complexity index is 420. The lowest BCUT2D eigenvalue weighted by molar-refractivity contribution is 0.0531. The molecule has 3 rings (SSSR count). The number of hydrogen-bond donors (Lipinski definition) is 2. The highest BCUT2D eigenvalue weighted by molar-refractivity contribution is 5.28. The lowest BCUT2D eigenvalue weighted by Crippen LogP contribution is -2.54. The summed E-state index contributed by atoms with van der Waals surface area (Å²) in [4.78, 5) is 13.8. The topological polar surface area (TPSA) is 70.3 Å². The molecule has 1 aromatic rings. The second kappa shape index (κ2) is 5.40. The predicted octanol–water partition coefficient (Wildman–Crippen LogP) is 0.431. The number of nitrogens with one attached hydrogen (secondary N) is 1. The molecule has 0 spiro atoms. The SMILES string of the molecule is CC1CN2CCCC2CN1Cc1cnc(NN)cn1. The standard InChI is InChI=1S/C13H22N6/c1-10-7-18-4-2-3-12(18)9-19(10)8-11-5-16-13(17-14)6-15-11/h5-6,10,12H,2-4,7-9,14H2,1H3,(H,16,17). The Morgan fingerprint density at radius 3 is 3.00 bits per heavy atom. The Morgan fingerprint density at radius 2 is 2.26 bits per heavy atom. The Hall–Kier alpha value is -1.24. The van der Waals surface area contributed by atoms with Crippen LogP contribution in [0.1, 0.15) is 25.5 Å². The van der Waals surface area contributed by atoms with Crippen molar-refractivity contribution in [1.29, 1.82) is 0 Å². The highest BCUT2D eigenvalue weighted by Crippen LogP contribution is 2.25. The monoisotopic (exact) mass is 262 g/mol. The van der Waals surface area contributed by atoms with Crippen LogP contribution in [0.5, 0.6) is 0 Å². The Labute approximate surface area is 114 Å². The number of nitrogens with zero attached hydrogens (tertiary/aromatic N) is 4. The molecule has 2 atom stereocenters. The van der Waals surface area contributed by atoms with Gasteiger partial charge in [-0.05, 0) is 26.3 Å². The zero-order valence-electron chi connectivity index (χ0n) is 11.4. The molecule has 104 valence electrons. The zero-order chi connectivity index (χ0) is 13.2. The molecule has 2 saturated heterocycles. The third-order valence-corrected chi connectivity index (χ3v) is 4.28. The highest BCUT2D eigenvalue weighted by atomic mass is 15.3. The minimum absolute atomic E-state index is 0.587. The lowest BCUT2D eigenvalue weighted by atomic mass is 10.1. The first-order valence-corrected chi connectivity index (χ1v) is 7.02. The molecule has 6 heteroatoms. The van der Waals surface area contributed by atoms with E-state index in [1.165, 1.54) is 25.9 Å². The predicted molar refractivity (Wildman–Crippen MR) is 74.3 cm³/mol. The summed E-state index contributed by atoms with van der Waals surface area (Å²) in [6.45, 7) is 6.79. The van der Waals surface area contributed by atoms with Crippen LogP contribution in [0.4, 0.5) is 5.82 Å². The second-order valence-electron chi connectivity index (χ2n) is 5.61. The number of rotatable bonds is 3. The van der Waals surface area contributed by atoms with Gasteiger partial charge in [-0.3, -0.25) is 14.8 Å². The average molecular weight is 262 g/mol. The van der Waals surface area contributed by atoms with E-state index in [1.54, 1.807) is 6.20 Å². The fraction of sp³-hybridized carbons (Fsp3) is 0.692. The molecular weight excluding hydrogens is 240 g/mol. The average Bonchev–Trinajstić information content (AvgIpc) is 2.87. The molecule has 2 unspecified atom stereocenters. The molecule has 0 amide bonds. The van der Waals surface area contributed by atoms with Crippen molar-refractivity contribution >= 4 is 5.82 Å². The van der Waals surface area contributed by atoms with Crippen LogP contribution in [0.3, 0.4) is 0 Å². The molecular formula is C13H22N6. The maximum absolute atomic E-state index is 5.30. The molecule has 2 aliphatic heterocycles. The number of hydrogen-bond acceptors (Lipinski definition) is 6. The van der Waals surface area contributed by atoms with Gasteiger partial charge in [0, 0.05) is 31.7 Å². The van der Waals surface area contributed by atoms with Crippen molar-refractivity contribution in [3.05, 3.63) is 18.1 Å². The van der Waals surface area contributed by atoms with Crippen molar-refractivity contribution in [1.82, 2.24) is 19.8 Å². The third kappa shape index (κ3) is 2.70. The number of hydrazine groups is 1. The number of aromatic nitrogens is 2. The summed E-state index contributed by atoms with van der Waals surface area (Å²) in [5, 5.41) is 0. The van der Waals surface area contributed by atoms with Crippen LogP contribution in [0.2, 0.25) is 0 Å². The summed E-state index contributed by atoms with van der Waals surface area (Å²) in [7, 11) is 0. The smallest absolute Gasteiger partial charge is 0.158 e. The van der Waals surface area contributed by atoms with Crippen LogP contribution in [0.25, 0.3) is 0 Å². The van der Waals surface area contributed by atoms with E-state index in [1.807, 2.05) is 6.20 Å². The molecule has 0 bridgehead atoms. The first-order chi connectivity index (χ1) is 9.26. The van der Waals surface area contributed by atoms with E-state index in [9.17, 15) is 0 Å².